The third kappa shape index (κ3) is 2.90. The van der Waals surface area contributed by atoms with Crippen molar-refractivity contribution in [3.8, 4) is 22.8 Å². The van der Waals surface area contributed by atoms with Crippen molar-refractivity contribution < 1.29 is 17.9 Å². The summed E-state index contributed by atoms with van der Waals surface area (Å²) in [7, 11) is -0.673. The molecule has 0 radical (unpaired) electrons. The average molecular weight is 399 g/mol. The number of nitrogens with zero attached hydrogens (tertiary/aromatic N) is 2. The summed E-state index contributed by atoms with van der Waals surface area (Å²) in [6, 6.07) is 10.4. The van der Waals surface area contributed by atoms with E-state index in [1.165, 1.54) is 11.4 Å². The zero-order valence-corrected chi connectivity index (χ0v) is 16.7. The number of rotatable bonds is 4. The molecule has 1 aliphatic heterocycles. The summed E-state index contributed by atoms with van der Waals surface area (Å²) in [6.45, 7) is 2.22. The second-order valence-electron chi connectivity index (χ2n) is 6.63. The molecule has 28 heavy (non-hydrogen) atoms. The Kier molecular flexibility index (Phi) is 4.50. The lowest BCUT2D eigenvalue weighted by Gasteiger charge is -2.25. The minimum absolute atomic E-state index is 0.252. The molecular weight excluding hydrogens is 378 g/mol. The van der Waals surface area contributed by atoms with Crippen LogP contribution in [0.1, 0.15) is 11.1 Å². The molecule has 1 aliphatic rings. The van der Waals surface area contributed by atoms with E-state index in [9.17, 15) is 8.42 Å². The highest BCUT2D eigenvalue weighted by molar-refractivity contribution is 7.92. The zero-order chi connectivity index (χ0) is 19.9. The minimum atomic E-state index is -3.75. The molecule has 146 valence electrons. The van der Waals surface area contributed by atoms with Gasteiger partial charge < -0.3 is 9.47 Å². The summed E-state index contributed by atoms with van der Waals surface area (Å²) < 4.78 is 39.2. The van der Waals surface area contributed by atoms with Crippen LogP contribution in [-0.2, 0) is 16.4 Å². The molecule has 1 aromatic heterocycles. The quantitative estimate of drug-likeness (QED) is 0.729. The molecule has 3 aromatic rings. The number of ether oxygens (including phenoxy) is 2. The predicted molar refractivity (Wildman–Crippen MR) is 107 cm³/mol. The first-order valence-electron chi connectivity index (χ1n) is 8.83. The van der Waals surface area contributed by atoms with Crippen molar-refractivity contribution in [3.05, 3.63) is 53.7 Å². The van der Waals surface area contributed by atoms with Gasteiger partial charge in [0.15, 0.2) is 11.5 Å². The van der Waals surface area contributed by atoms with Crippen LogP contribution in [0.2, 0.25) is 0 Å². The number of aryl methyl sites for hydroxylation is 1. The Morgan fingerprint density at radius 2 is 1.75 bits per heavy atom. The maximum absolute atomic E-state index is 13.5. The van der Waals surface area contributed by atoms with Gasteiger partial charge in [-0.05, 0) is 37.1 Å². The van der Waals surface area contributed by atoms with E-state index in [0.29, 0.717) is 35.7 Å². The second-order valence-corrected chi connectivity index (χ2v) is 8.50. The van der Waals surface area contributed by atoms with E-state index in [0.717, 1.165) is 16.8 Å². The first-order valence-corrected chi connectivity index (χ1v) is 10.3. The molecule has 2 aromatic carbocycles. The first-order chi connectivity index (χ1) is 13.5. The van der Waals surface area contributed by atoms with Crippen LogP contribution in [0.3, 0.4) is 0 Å². The standard InChI is InChI=1S/C20H21N3O4S/c1-13-4-6-15(7-5-13)28(24,25)23-9-8-14-12-21-22-20(14)16-10-18(26-2)19(27-3)11-17(16)23/h4-7,10-12H,8-9H2,1-3H3,(H,21,22). The summed E-state index contributed by atoms with van der Waals surface area (Å²) in [5.41, 5.74) is 3.98. The molecule has 0 saturated carbocycles. The second kappa shape index (κ2) is 6.87. The van der Waals surface area contributed by atoms with Crippen molar-refractivity contribution in [2.45, 2.75) is 18.2 Å². The van der Waals surface area contributed by atoms with E-state index in [1.54, 1.807) is 49.7 Å². The number of sulfonamides is 1. The fraction of sp³-hybridized carbons (Fsp3) is 0.250. The Labute approximate surface area is 164 Å². The van der Waals surface area contributed by atoms with Gasteiger partial charge in [-0.1, -0.05) is 17.7 Å². The molecule has 0 saturated heterocycles. The molecule has 0 fully saturated rings. The van der Waals surface area contributed by atoms with Crippen molar-refractivity contribution in [2.24, 2.45) is 0 Å². The Bertz CT molecular complexity index is 1120. The van der Waals surface area contributed by atoms with Gasteiger partial charge in [0.2, 0.25) is 0 Å². The number of aromatic nitrogens is 2. The summed E-state index contributed by atoms with van der Waals surface area (Å²) in [6.07, 6.45) is 2.27. The number of hydrogen-bond acceptors (Lipinski definition) is 5. The van der Waals surface area contributed by atoms with Crippen LogP contribution in [0.15, 0.2) is 47.5 Å². The van der Waals surface area contributed by atoms with Gasteiger partial charge in [0.25, 0.3) is 10.0 Å². The van der Waals surface area contributed by atoms with Gasteiger partial charge >= 0.3 is 0 Å². The van der Waals surface area contributed by atoms with Crippen LogP contribution >= 0.6 is 0 Å². The molecule has 0 amide bonds. The number of anilines is 1. The van der Waals surface area contributed by atoms with E-state index >= 15 is 0 Å². The number of benzene rings is 2. The highest BCUT2D eigenvalue weighted by atomic mass is 32.2. The third-order valence-corrected chi connectivity index (χ3v) is 6.78. The molecular formula is C20H21N3O4S. The van der Waals surface area contributed by atoms with Crippen molar-refractivity contribution in [1.29, 1.82) is 0 Å². The number of nitrogens with one attached hydrogen (secondary N) is 1. The van der Waals surface area contributed by atoms with E-state index in [2.05, 4.69) is 10.2 Å². The number of hydrogen-bond donors (Lipinski definition) is 1. The molecule has 0 bridgehead atoms. The summed E-state index contributed by atoms with van der Waals surface area (Å²) >= 11 is 0. The number of aromatic amines is 1. The zero-order valence-electron chi connectivity index (χ0n) is 15.9. The van der Waals surface area contributed by atoms with Crippen molar-refractivity contribution in [1.82, 2.24) is 10.2 Å². The highest BCUT2D eigenvalue weighted by Gasteiger charge is 2.32. The highest BCUT2D eigenvalue weighted by Crippen LogP contribution is 2.44. The summed E-state index contributed by atoms with van der Waals surface area (Å²) in [5, 5.41) is 7.13. The van der Waals surface area contributed by atoms with Gasteiger partial charge in [0, 0.05) is 18.2 Å². The molecule has 4 rings (SSSR count). The van der Waals surface area contributed by atoms with Crippen molar-refractivity contribution in [3.63, 3.8) is 0 Å². The van der Waals surface area contributed by atoms with E-state index in [1.807, 2.05) is 6.92 Å². The SMILES string of the molecule is COc1cc2c(cc1OC)N(S(=O)(=O)c1ccc(C)cc1)CCc1cn[nH]c1-2. The normalized spacial score (nSPS) is 13.5. The lowest BCUT2D eigenvalue weighted by molar-refractivity contribution is 0.355. The first kappa shape index (κ1) is 18.4. The topological polar surface area (TPSA) is 84.5 Å². The fourth-order valence-electron chi connectivity index (χ4n) is 3.44. The molecule has 2 heterocycles. The smallest absolute Gasteiger partial charge is 0.264 e. The van der Waals surface area contributed by atoms with Gasteiger partial charge in [0.05, 0.1) is 36.7 Å². The van der Waals surface area contributed by atoms with Crippen LogP contribution in [0.25, 0.3) is 11.3 Å². The van der Waals surface area contributed by atoms with Gasteiger partial charge in [-0.2, -0.15) is 5.10 Å². The minimum Gasteiger partial charge on any atom is -0.493 e. The van der Waals surface area contributed by atoms with E-state index in [4.69, 9.17) is 9.47 Å². The van der Waals surface area contributed by atoms with Crippen LogP contribution < -0.4 is 13.8 Å². The lowest BCUT2D eigenvalue weighted by atomic mass is 10.1. The van der Waals surface area contributed by atoms with Gasteiger partial charge in [0.1, 0.15) is 0 Å². The Morgan fingerprint density at radius 3 is 2.43 bits per heavy atom. The largest absolute Gasteiger partial charge is 0.493 e. The Hall–Kier alpha value is -3.00. The molecule has 1 N–H and O–H groups in total. The molecule has 0 unspecified atom stereocenters. The molecule has 0 spiro atoms. The number of methoxy groups -OCH3 is 2. The van der Waals surface area contributed by atoms with Gasteiger partial charge in [-0.25, -0.2) is 8.42 Å². The Balaban J connectivity index is 1.94. The van der Waals surface area contributed by atoms with Crippen molar-refractivity contribution in [2.75, 3.05) is 25.1 Å². The molecule has 0 atom stereocenters. The number of H-pyrrole nitrogens is 1. The van der Waals surface area contributed by atoms with Crippen molar-refractivity contribution >= 4 is 15.7 Å². The molecule has 8 heteroatoms. The van der Waals surface area contributed by atoms with Gasteiger partial charge in [-0.3, -0.25) is 9.40 Å². The Morgan fingerprint density at radius 1 is 1.07 bits per heavy atom. The third-order valence-electron chi connectivity index (χ3n) is 4.95. The lowest BCUT2D eigenvalue weighted by Crippen LogP contribution is -2.32. The summed E-state index contributed by atoms with van der Waals surface area (Å²) in [4.78, 5) is 0.252. The summed E-state index contributed by atoms with van der Waals surface area (Å²) in [5.74, 6) is 0.990. The van der Waals surface area contributed by atoms with Crippen LogP contribution in [0.5, 0.6) is 11.5 Å². The maximum Gasteiger partial charge on any atom is 0.264 e. The van der Waals surface area contributed by atoms with Crippen LogP contribution in [-0.4, -0.2) is 39.4 Å². The van der Waals surface area contributed by atoms with Gasteiger partial charge in [-0.15, -0.1) is 0 Å². The maximum atomic E-state index is 13.5. The average Bonchev–Trinajstić information content (AvgIpc) is 3.10. The molecule has 0 aliphatic carbocycles. The fourth-order valence-corrected chi connectivity index (χ4v) is 4.91. The number of fused-ring (bicyclic) bond motifs is 3. The monoisotopic (exact) mass is 399 g/mol. The van der Waals surface area contributed by atoms with E-state index < -0.39 is 10.0 Å². The van der Waals surface area contributed by atoms with Crippen LogP contribution in [0.4, 0.5) is 5.69 Å². The van der Waals surface area contributed by atoms with Crippen LogP contribution in [0, 0.1) is 6.92 Å². The molecule has 7 nitrogen and oxygen atoms in total. The predicted octanol–water partition coefficient (Wildman–Crippen LogP) is 3.15. The van der Waals surface area contributed by atoms with E-state index in [-0.39, 0.29) is 4.90 Å².